The molecule has 0 aliphatic rings. The second-order valence-electron chi connectivity index (χ2n) is 5.23. The van der Waals surface area contributed by atoms with Crippen LogP contribution in [0.3, 0.4) is 0 Å². The van der Waals surface area contributed by atoms with Crippen LogP contribution in [0.15, 0.2) is 24.8 Å². The molecule has 0 saturated heterocycles. The molecule has 0 aliphatic heterocycles. The predicted molar refractivity (Wildman–Crippen MR) is 84.6 cm³/mol. The highest BCUT2D eigenvalue weighted by molar-refractivity contribution is 4.96. The average Bonchev–Trinajstić information content (AvgIpc) is 2.40. The minimum Gasteiger partial charge on any atom is -0.102 e. The fourth-order valence-corrected chi connectivity index (χ4v) is 2.16. The molecule has 0 spiro atoms. The lowest BCUT2D eigenvalue weighted by Crippen LogP contribution is -1.91. The molecule has 0 fully saturated rings. The van der Waals surface area contributed by atoms with Crippen LogP contribution in [0.25, 0.3) is 0 Å². The van der Waals surface area contributed by atoms with E-state index in [1.165, 1.54) is 64.2 Å². The van der Waals surface area contributed by atoms with Crippen molar-refractivity contribution in [3.63, 3.8) is 0 Å². The van der Waals surface area contributed by atoms with Crippen molar-refractivity contribution < 1.29 is 0 Å². The van der Waals surface area contributed by atoms with Crippen molar-refractivity contribution >= 4 is 0 Å². The number of unbranched alkanes of at least 4 members (excludes halogenated alkanes) is 8. The Kier molecular flexibility index (Phi) is 14.1. The van der Waals surface area contributed by atoms with Crippen molar-refractivity contribution in [1.82, 2.24) is 0 Å². The van der Waals surface area contributed by atoms with Crippen molar-refractivity contribution in [3.8, 4) is 0 Å². The maximum absolute atomic E-state index is 3.94. The van der Waals surface area contributed by atoms with Gasteiger partial charge in [-0.3, -0.25) is 0 Å². The summed E-state index contributed by atoms with van der Waals surface area (Å²) in [6, 6.07) is 0. The zero-order chi connectivity index (χ0) is 13.5. The van der Waals surface area contributed by atoms with Gasteiger partial charge in [0, 0.05) is 0 Å². The van der Waals surface area contributed by atoms with Gasteiger partial charge >= 0.3 is 0 Å². The highest BCUT2D eigenvalue weighted by Crippen LogP contribution is 2.14. The van der Waals surface area contributed by atoms with Gasteiger partial charge in [-0.1, -0.05) is 83.4 Å². The second kappa shape index (κ2) is 14.5. The van der Waals surface area contributed by atoms with Crippen molar-refractivity contribution in [2.24, 2.45) is 5.92 Å². The average molecular weight is 249 g/mol. The molecular formula is C18H33. The Balaban J connectivity index is 3.48. The van der Waals surface area contributed by atoms with E-state index >= 15 is 0 Å². The molecule has 0 nitrogen and oxygen atoms in total. The van der Waals surface area contributed by atoms with Gasteiger partial charge < -0.3 is 0 Å². The minimum atomic E-state index is 0.588. The molecule has 0 N–H and O–H groups in total. The molecule has 0 saturated carbocycles. The Labute approximate surface area is 116 Å². The maximum Gasteiger partial charge on any atom is -0.00562 e. The first-order valence-corrected chi connectivity index (χ1v) is 7.93. The van der Waals surface area contributed by atoms with Gasteiger partial charge in [0.05, 0.1) is 0 Å². The second-order valence-corrected chi connectivity index (χ2v) is 5.23. The third-order valence-corrected chi connectivity index (χ3v) is 3.45. The van der Waals surface area contributed by atoms with E-state index in [0.29, 0.717) is 5.92 Å². The summed E-state index contributed by atoms with van der Waals surface area (Å²) in [5.74, 6) is 0.588. The van der Waals surface area contributed by atoms with Crippen molar-refractivity contribution in [2.45, 2.75) is 77.6 Å². The molecule has 0 bridgehead atoms. The summed E-state index contributed by atoms with van der Waals surface area (Å²) in [4.78, 5) is 0. The standard InChI is InChI=1S/C18H33/c1-4-7-9-11-12-13-15-17-18(6-3)16-14-10-8-5-2/h6,15,17-18H,2-5,7-14,16H2,1H3. The van der Waals surface area contributed by atoms with Crippen molar-refractivity contribution in [3.05, 3.63) is 31.7 Å². The molecule has 1 atom stereocenters. The van der Waals surface area contributed by atoms with Crippen LogP contribution in [0, 0.1) is 12.8 Å². The van der Waals surface area contributed by atoms with Crippen LogP contribution in [0.5, 0.6) is 0 Å². The third-order valence-electron chi connectivity index (χ3n) is 3.45. The van der Waals surface area contributed by atoms with E-state index in [-0.39, 0.29) is 0 Å². The summed E-state index contributed by atoms with van der Waals surface area (Å²) >= 11 is 0. The molecule has 1 radical (unpaired) electrons. The quantitative estimate of drug-likeness (QED) is 0.258. The van der Waals surface area contributed by atoms with Crippen LogP contribution >= 0.6 is 0 Å². The van der Waals surface area contributed by atoms with Crippen LogP contribution in [0.2, 0.25) is 0 Å². The molecule has 105 valence electrons. The molecule has 0 aliphatic carbocycles. The molecule has 18 heavy (non-hydrogen) atoms. The summed E-state index contributed by atoms with van der Waals surface area (Å²) < 4.78 is 0. The van der Waals surface area contributed by atoms with Crippen molar-refractivity contribution in [1.29, 1.82) is 0 Å². The van der Waals surface area contributed by atoms with Gasteiger partial charge in [0.1, 0.15) is 0 Å². The van der Waals surface area contributed by atoms with Gasteiger partial charge in [0.25, 0.3) is 0 Å². The molecular weight excluding hydrogens is 216 g/mol. The lowest BCUT2D eigenvalue weighted by molar-refractivity contribution is 0.596. The Bertz CT molecular complexity index is 190. The van der Waals surface area contributed by atoms with Gasteiger partial charge in [0.2, 0.25) is 0 Å². The lowest BCUT2D eigenvalue weighted by atomic mass is 9.99. The predicted octanol–water partition coefficient (Wildman–Crippen LogP) is 6.49. The smallest absolute Gasteiger partial charge is 0.00562 e. The molecule has 1 unspecified atom stereocenters. The van der Waals surface area contributed by atoms with E-state index in [0.717, 1.165) is 6.42 Å². The first-order chi connectivity index (χ1) is 8.85. The fourth-order valence-electron chi connectivity index (χ4n) is 2.16. The van der Waals surface area contributed by atoms with E-state index in [9.17, 15) is 0 Å². The zero-order valence-corrected chi connectivity index (χ0v) is 12.5. The van der Waals surface area contributed by atoms with E-state index < -0.39 is 0 Å². The van der Waals surface area contributed by atoms with Gasteiger partial charge in [-0.15, -0.1) is 6.58 Å². The van der Waals surface area contributed by atoms with Gasteiger partial charge in [0.15, 0.2) is 0 Å². The monoisotopic (exact) mass is 249 g/mol. The number of rotatable bonds is 13. The normalized spacial score (nSPS) is 13.0. The number of hydrogen-bond donors (Lipinski definition) is 0. The topological polar surface area (TPSA) is 0 Å². The van der Waals surface area contributed by atoms with E-state index in [2.05, 4.69) is 38.7 Å². The minimum absolute atomic E-state index is 0.588. The first kappa shape index (κ1) is 17.5. The molecule has 0 rings (SSSR count). The van der Waals surface area contributed by atoms with Crippen LogP contribution in [-0.2, 0) is 0 Å². The fraction of sp³-hybridized carbons (Fsp3) is 0.722. The molecule has 0 heterocycles. The third kappa shape index (κ3) is 12.0. The molecule has 0 aromatic rings. The molecule has 0 aromatic carbocycles. The van der Waals surface area contributed by atoms with Crippen molar-refractivity contribution in [2.75, 3.05) is 0 Å². The Morgan fingerprint density at radius 1 is 0.944 bits per heavy atom. The first-order valence-electron chi connectivity index (χ1n) is 7.93. The molecule has 0 amide bonds. The van der Waals surface area contributed by atoms with E-state index in [4.69, 9.17) is 0 Å². The van der Waals surface area contributed by atoms with Crippen LogP contribution < -0.4 is 0 Å². The van der Waals surface area contributed by atoms with Gasteiger partial charge in [-0.05, 0) is 25.2 Å². The van der Waals surface area contributed by atoms with Crippen LogP contribution in [0.1, 0.15) is 77.6 Å². The highest BCUT2D eigenvalue weighted by atomic mass is 14.0. The Morgan fingerprint density at radius 3 is 2.33 bits per heavy atom. The maximum atomic E-state index is 3.94. The highest BCUT2D eigenvalue weighted by Gasteiger charge is 1.98. The lowest BCUT2D eigenvalue weighted by Gasteiger charge is -2.06. The van der Waals surface area contributed by atoms with E-state index in [1.807, 2.05) is 0 Å². The summed E-state index contributed by atoms with van der Waals surface area (Å²) in [6.07, 6.45) is 21.2. The summed E-state index contributed by atoms with van der Waals surface area (Å²) in [5, 5.41) is 0. The molecule has 0 heteroatoms. The van der Waals surface area contributed by atoms with Crippen LogP contribution in [-0.4, -0.2) is 0 Å². The summed E-state index contributed by atoms with van der Waals surface area (Å²) in [7, 11) is 0. The Hall–Kier alpha value is -0.520. The number of allylic oxidation sites excluding steroid dienone is 3. The number of hydrogen-bond acceptors (Lipinski definition) is 0. The van der Waals surface area contributed by atoms with Gasteiger partial charge in [-0.2, -0.15) is 0 Å². The summed E-state index contributed by atoms with van der Waals surface area (Å²) in [5.41, 5.74) is 0. The largest absolute Gasteiger partial charge is 0.102 e. The van der Waals surface area contributed by atoms with Gasteiger partial charge in [-0.25, -0.2) is 0 Å². The summed E-state index contributed by atoms with van der Waals surface area (Å²) in [6.45, 7) is 10.1. The SMILES string of the molecule is [CH2]CCCCCC(C=C)C=CCCCCCCC. The van der Waals surface area contributed by atoms with E-state index in [1.54, 1.807) is 0 Å². The van der Waals surface area contributed by atoms with Crippen LogP contribution in [0.4, 0.5) is 0 Å². The molecule has 0 aromatic heterocycles. The Morgan fingerprint density at radius 2 is 1.67 bits per heavy atom. The zero-order valence-electron chi connectivity index (χ0n) is 12.5.